The van der Waals surface area contributed by atoms with E-state index in [1.165, 1.54) is 39.7 Å². The SMILES string of the molecule is Cc1ccc(-c2nc3c(ccc4c3ccc3sc(-c5ccc(C)s5)nc34)s2)s1. The molecule has 0 unspecified atom stereocenters. The van der Waals surface area contributed by atoms with Gasteiger partial charge in [0.15, 0.2) is 0 Å². The van der Waals surface area contributed by atoms with Crippen LogP contribution in [0.5, 0.6) is 0 Å². The van der Waals surface area contributed by atoms with Crippen molar-refractivity contribution < 1.29 is 0 Å². The van der Waals surface area contributed by atoms with Crippen molar-refractivity contribution in [3.8, 4) is 19.8 Å². The van der Waals surface area contributed by atoms with E-state index in [-0.39, 0.29) is 0 Å². The molecule has 2 nitrogen and oxygen atoms in total. The second-order valence-corrected chi connectivity index (χ2v) is 11.4. The highest BCUT2D eigenvalue weighted by Crippen LogP contribution is 2.41. The average molecular weight is 435 g/mol. The number of aryl methyl sites for hydroxylation is 2. The highest BCUT2D eigenvalue weighted by Gasteiger charge is 2.15. The summed E-state index contributed by atoms with van der Waals surface area (Å²) in [6, 6.07) is 17.5. The summed E-state index contributed by atoms with van der Waals surface area (Å²) in [5, 5.41) is 4.60. The monoisotopic (exact) mass is 434 g/mol. The fourth-order valence-electron chi connectivity index (χ4n) is 3.50. The van der Waals surface area contributed by atoms with E-state index in [0.717, 1.165) is 21.0 Å². The molecule has 0 spiro atoms. The number of benzene rings is 2. The van der Waals surface area contributed by atoms with E-state index in [0.29, 0.717) is 0 Å². The molecule has 0 aliphatic rings. The molecular formula is C22H14N2S4. The van der Waals surface area contributed by atoms with Crippen molar-refractivity contribution >= 4 is 76.6 Å². The third-order valence-corrected chi connectivity index (χ3v) is 9.19. The van der Waals surface area contributed by atoms with Gasteiger partial charge in [-0.3, -0.25) is 0 Å². The molecule has 136 valence electrons. The van der Waals surface area contributed by atoms with Crippen molar-refractivity contribution in [2.75, 3.05) is 0 Å². The number of fused-ring (bicyclic) bond motifs is 5. The first-order valence-corrected chi connectivity index (χ1v) is 12.2. The number of thiazole rings is 2. The van der Waals surface area contributed by atoms with Gasteiger partial charge in [0.2, 0.25) is 0 Å². The van der Waals surface area contributed by atoms with Gasteiger partial charge in [-0.1, -0.05) is 12.1 Å². The Labute approximate surface area is 177 Å². The lowest BCUT2D eigenvalue weighted by molar-refractivity contribution is 1.51. The molecular weight excluding hydrogens is 421 g/mol. The molecule has 0 aliphatic carbocycles. The average Bonchev–Trinajstić information content (AvgIpc) is 3.45. The summed E-state index contributed by atoms with van der Waals surface area (Å²) in [5.74, 6) is 0. The number of nitrogens with zero attached hydrogens (tertiary/aromatic N) is 2. The van der Waals surface area contributed by atoms with Crippen LogP contribution in [0.15, 0.2) is 48.5 Å². The van der Waals surface area contributed by atoms with Crippen LogP contribution in [-0.4, -0.2) is 9.97 Å². The molecule has 0 aliphatic heterocycles. The lowest BCUT2D eigenvalue weighted by atomic mass is 10.1. The van der Waals surface area contributed by atoms with Gasteiger partial charge in [0.1, 0.15) is 10.0 Å². The minimum atomic E-state index is 1.09. The number of rotatable bonds is 2. The third kappa shape index (κ3) is 2.56. The summed E-state index contributed by atoms with van der Waals surface area (Å²) in [6.45, 7) is 4.28. The smallest absolute Gasteiger partial charge is 0.134 e. The lowest BCUT2D eigenvalue weighted by Crippen LogP contribution is -1.78. The van der Waals surface area contributed by atoms with Gasteiger partial charge in [-0.25, -0.2) is 9.97 Å². The summed E-state index contributed by atoms with van der Waals surface area (Å²) in [6.07, 6.45) is 0. The Balaban J connectivity index is 1.58. The van der Waals surface area contributed by atoms with Crippen molar-refractivity contribution in [3.63, 3.8) is 0 Å². The minimum Gasteiger partial charge on any atom is -0.235 e. The van der Waals surface area contributed by atoms with Crippen molar-refractivity contribution in [3.05, 3.63) is 58.3 Å². The predicted molar refractivity (Wildman–Crippen MR) is 126 cm³/mol. The normalized spacial score (nSPS) is 11.9. The highest BCUT2D eigenvalue weighted by atomic mass is 32.1. The second-order valence-electron chi connectivity index (χ2n) is 6.78. The van der Waals surface area contributed by atoms with Crippen molar-refractivity contribution in [1.29, 1.82) is 0 Å². The van der Waals surface area contributed by atoms with Gasteiger partial charge < -0.3 is 0 Å². The molecule has 6 heteroatoms. The Morgan fingerprint density at radius 1 is 0.536 bits per heavy atom. The largest absolute Gasteiger partial charge is 0.235 e. The molecule has 0 saturated heterocycles. The van der Waals surface area contributed by atoms with Gasteiger partial charge in [-0.15, -0.1) is 45.3 Å². The molecule has 0 saturated carbocycles. The lowest BCUT2D eigenvalue weighted by Gasteiger charge is -1.99. The molecule has 0 N–H and O–H groups in total. The first-order valence-electron chi connectivity index (χ1n) is 8.92. The zero-order chi connectivity index (χ0) is 18.8. The van der Waals surface area contributed by atoms with E-state index in [4.69, 9.17) is 9.97 Å². The summed E-state index contributed by atoms with van der Waals surface area (Å²) in [5.41, 5.74) is 2.18. The summed E-state index contributed by atoms with van der Waals surface area (Å²) >= 11 is 7.15. The van der Waals surface area contributed by atoms with Crippen LogP contribution >= 0.6 is 45.3 Å². The highest BCUT2D eigenvalue weighted by molar-refractivity contribution is 7.26. The Kier molecular flexibility index (Phi) is 3.71. The van der Waals surface area contributed by atoms with Crippen LogP contribution in [0.25, 0.3) is 51.0 Å². The van der Waals surface area contributed by atoms with Crippen LogP contribution in [0.3, 0.4) is 0 Å². The van der Waals surface area contributed by atoms with Gasteiger partial charge in [-0.2, -0.15) is 0 Å². The fourth-order valence-corrected chi connectivity index (χ4v) is 7.30. The van der Waals surface area contributed by atoms with Gasteiger partial charge in [-0.05, 0) is 50.2 Å². The maximum Gasteiger partial charge on any atom is 0.134 e. The molecule has 0 radical (unpaired) electrons. The first-order chi connectivity index (χ1) is 13.7. The zero-order valence-electron chi connectivity index (χ0n) is 15.1. The van der Waals surface area contributed by atoms with Crippen molar-refractivity contribution in [2.45, 2.75) is 13.8 Å². The Morgan fingerprint density at radius 2 is 1.00 bits per heavy atom. The molecule has 6 rings (SSSR count). The number of hydrogen-bond acceptors (Lipinski definition) is 6. The number of hydrogen-bond donors (Lipinski definition) is 0. The predicted octanol–water partition coefficient (Wildman–Crippen LogP) is 8.13. The standard InChI is InChI=1S/C22H14N2S4/c1-11-3-7-17(25-11)21-23-19-13-6-10-16-20(14(13)5-9-15(19)27-21)24-22(28-16)18-8-4-12(2)26-18/h3-10H,1-2H3. The number of aromatic nitrogens is 2. The van der Waals surface area contributed by atoms with Crippen molar-refractivity contribution in [1.82, 2.24) is 9.97 Å². The van der Waals surface area contributed by atoms with Crippen LogP contribution in [0.2, 0.25) is 0 Å². The Bertz CT molecular complexity index is 1380. The fraction of sp³-hybridized carbons (Fsp3) is 0.0909. The van der Waals surface area contributed by atoms with Crippen LogP contribution in [0, 0.1) is 13.8 Å². The van der Waals surface area contributed by atoms with E-state index in [1.807, 2.05) is 0 Å². The van der Waals surface area contributed by atoms with E-state index in [9.17, 15) is 0 Å². The first kappa shape index (κ1) is 16.8. The maximum atomic E-state index is 5.01. The van der Waals surface area contributed by atoms with Gasteiger partial charge in [0.05, 0.1) is 30.2 Å². The molecule has 6 aromatic rings. The van der Waals surface area contributed by atoms with Crippen molar-refractivity contribution in [2.24, 2.45) is 0 Å². The van der Waals surface area contributed by atoms with E-state index in [2.05, 4.69) is 62.4 Å². The molecule has 0 fully saturated rings. The molecule has 0 amide bonds. The summed E-state index contributed by atoms with van der Waals surface area (Å²) in [4.78, 5) is 15.1. The second kappa shape index (κ2) is 6.19. The quantitative estimate of drug-likeness (QED) is 0.275. The van der Waals surface area contributed by atoms with E-state index < -0.39 is 0 Å². The van der Waals surface area contributed by atoms with Gasteiger partial charge >= 0.3 is 0 Å². The Hall–Kier alpha value is -2.12. The molecule has 4 heterocycles. The van der Waals surface area contributed by atoms with E-state index >= 15 is 0 Å². The van der Waals surface area contributed by atoms with Gasteiger partial charge in [0.25, 0.3) is 0 Å². The summed E-state index contributed by atoms with van der Waals surface area (Å²) < 4.78 is 2.47. The molecule has 28 heavy (non-hydrogen) atoms. The van der Waals surface area contributed by atoms with E-state index in [1.54, 1.807) is 45.3 Å². The third-order valence-electron chi connectivity index (χ3n) is 4.81. The van der Waals surface area contributed by atoms with Gasteiger partial charge in [0, 0.05) is 20.5 Å². The molecule has 4 aromatic heterocycles. The summed E-state index contributed by atoms with van der Waals surface area (Å²) in [7, 11) is 0. The number of thiophene rings is 2. The van der Waals surface area contributed by atoms with Crippen LogP contribution in [0.4, 0.5) is 0 Å². The van der Waals surface area contributed by atoms with Crippen LogP contribution in [0.1, 0.15) is 9.75 Å². The van der Waals surface area contributed by atoms with Crippen LogP contribution in [-0.2, 0) is 0 Å². The minimum absolute atomic E-state index is 1.09. The maximum absolute atomic E-state index is 5.01. The van der Waals surface area contributed by atoms with Crippen LogP contribution < -0.4 is 0 Å². The Morgan fingerprint density at radius 3 is 1.39 bits per heavy atom. The molecule has 0 bridgehead atoms. The molecule has 2 aromatic carbocycles. The topological polar surface area (TPSA) is 25.8 Å². The molecule has 0 atom stereocenters. The zero-order valence-corrected chi connectivity index (χ0v) is 18.4.